The number of carbonyl (C=O) groups is 2. The van der Waals surface area contributed by atoms with E-state index < -0.39 is 11.9 Å². The molecule has 5 unspecified atom stereocenters. The van der Waals surface area contributed by atoms with E-state index in [0.717, 1.165) is 12.8 Å². The van der Waals surface area contributed by atoms with Crippen molar-refractivity contribution in [2.75, 3.05) is 19.8 Å². The van der Waals surface area contributed by atoms with Gasteiger partial charge in [-0.15, -0.1) is 0 Å². The summed E-state index contributed by atoms with van der Waals surface area (Å²) in [6.45, 7) is 3.01. The van der Waals surface area contributed by atoms with Crippen molar-refractivity contribution in [2.45, 2.75) is 25.8 Å². The average molecular weight is 279 g/mol. The van der Waals surface area contributed by atoms with Crippen molar-refractivity contribution in [1.29, 1.82) is 0 Å². The predicted octanol–water partition coefficient (Wildman–Crippen LogP) is 1.15. The molecule has 0 spiro atoms. The van der Waals surface area contributed by atoms with Crippen LogP contribution in [0.2, 0.25) is 0 Å². The van der Waals surface area contributed by atoms with Gasteiger partial charge in [-0.25, -0.2) is 0 Å². The van der Waals surface area contributed by atoms with Crippen LogP contribution < -0.4 is 0 Å². The SMILES string of the molecule is CCN(C(=O)C1CC2C=CC1C2)C1COCC1C(=O)O. The van der Waals surface area contributed by atoms with Crippen molar-refractivity contribution < 1.29 is 19.4 Å². The minimum absolute atomic E-state index is 0.0417. The molecule has 20 heavy (non-hydrogen) atoms. The van der Waals surface area contributed by atoms with Crippen LogP contribution in [0.3, 0.4) is 0 Å². The van der Waals surface area contributed by atoms with Gasteiger partial charge in [0.25, 0.3) is 0 Å². The molecule has 0 aromatic carbocycles. The normalized spacial score (nSPS) is 38.4. The van der Waals surface area contributed by atoms with Gasteiger partial charge in [-0.05, 0) is 31.6 Å². The van der Waals surface area contributed by atoms with E-state index in [2.05, 4.69) is 12.2 Å². The summed E-state index contributed by atoms with van der Waals surface area (Å²) in [6, 6.07) is -0.312. The first kappa shape index (κ1) is 13.6. The molecule has 2 fully saturated rings. The molecule has 0 aromatic rings. The number of amides is 1. The second-order valence-electron chi connectivity index (χ2n) is 6.06. The predicted molar refractivity (Wildman–Crippen MR) is 72.0 cm³/mol. The van der Waals surface area contributed by atoms with Gasteiger partial charge in [-0.1, -0.05) is 12.2 Å². The number of hydrogen-bond acceptors (Lipinski definition) is 3. The zero-order chi connectivity index (χ0) is 14.3. The van der Waals surface area contributed by atoms with Crippen molar-refractivity contribution in [3.05, 3.63) is 12.2 Å². The van der Waals surface area contributed by atoms with E-state index in [1.807, 2.05) is 6.92 Å². The molecule has 2 bridgehead atoms. The molecular formula is C15H21NO4. The third-order valence-electron chi connectivity index (χ3n) is 4.99. The van der Waals surface area contributed by atoms with Crippen LogP contribution in [0.4, 0.5) is 0 Å². The number of ether oxygens (including phenoxy) is 1. The van der Waals surface area contributed by atoms with Crippen LogP contribution in [0.5, 0.6) is 0 Å². The summed E-state index contributed by atoms with van der Waals surface area (Å²) >= 11 is 0. The van der Waals surface area contributed by atoms with Crippen LogP contribution in [0.25, 0.3) is 0 Å². The quantitative estimate of drug-likeness (QED) is 0.784. The summed E-state index contributed by atoms with van der Waals surface area (Å²) in [7, 11) is 0. The fourth-order valence-corrected chi connectivity index (χ4v) is 3.92. The van der Waals surface area contributed by atoms with Gasteiger partial charge >= 0.3 is 5.97 Å². The number of rotatable bonds is 4. The Morgan fingerprint density at radius 1 is 1.25 bits per heavy atom. The summed E-state index contributed by atoms with van der Waals surface area (Å²) in [5, 5.41) is 9.25. The molecule has 1 heterocycles. The number of carboxylic acids is 1. The van der Waals surface area contributed by atoms with Gasteiger partial charge in [-0.2, -0.15) is 0 Å². The highest BCUT2D eigenvalue weighted by Gasteiger charge is 2.45. The molecule has 110 valence electrons. The Hall–Kier alpha value is -1.36. The Labute approximate surface area is 118 Å². The molecule has 5 nitrogen and oxygen atoms in total. The lowest BCUT2D eigenvalue weighted by Crippen LogP contribution is -2.49. The molecule has 1 aliphatic heterocycles. The maximum Gasteiger partial charge on any atom is 0.311 e. The smallest absolute Gasteiger partial charge is 0.311 e. The van der Waals surface area contributed by atoms with E-state index >= 15 is 0 Å². The fraction of sp³-hybridized carbons (Fsp3) is 0.733. The summed E-state index contributed by atoms with van der Waals surface area (Å²) in [5.74, 6) is -0.402. The number of carbonyl (C=O) groups excluding carboxylic acids is 1. The number of nitrogens with zero attached hydrogens (tertiary/aromatic N) is 1. The standard InChI is InChI=1S/C15H21NO4/c1-2-16(13-8-20-7-12(13)15(18)19)14(17)11-6-9-3-4-10(11)5-9/h3-4,9-13H,2,5-8H2,1H3,(H,18,19). The number of aliphatic carboxylic acids is 1. The summed E-state index contributed by atoms with van der Waals surface area (Å²) in [6.07, 6.45) is 6.37. The molecular weight excluding hydrogens is 258 g/mol. The number of likely N-dealkylation sites (N-methyl/N-ethyl adjacent to an activating group) is 1. The van der Waals surface area contributed by atoms with Crippen molar-refractivity contribution in [1.82, 2.24) is 4.90 Å². The fourth-order valence-electron chi connectivity index (χ4n) is 3.92. The molecule has 1 saturated heterocycles. The lowest BCUT2D eigenvalue weighted by Gasteiger charge is -2.33. The molecule has 2 aliphatic carbocycles. The first-order chi connectivity index (χ1) is 9.61. The first-order valence-corrected chi connectivity index (χ1v) is 7.41. The average Bonchev–Trinajstić information content (AvgIpc) is 3.15. The Morgan fingerprint density at radius 3 is 2.60 bits per heavy atom. The highest BCUT2D eigenvalue weighted by molar-refractivity contribution is 5.81. The van der Waals surface area contributed by atoms with Gasteiger partial charge in [0, 0.05) is 12.5 Å². The highest BCUT2D eigenvalue weighted by Crippen LogP contribution is 2.44. The summed E-state index contributed by atoms with van der Waals surface area (Å²) < 4.78 is 5.30. The van der Waals surface area contributed by atoms with Crippen molar-refractivity contribution in [3.63, 3.8) is 0 Å². The van der Waals surface area contributed by atoms with Crippen LogP contribution in [0.1, 0.15) is 19.8 Å². The molecule has 0 radical (unpaired) electrons. The van der Waals surface area contributed by atoms with Crippen LogP contribution in [-0.4, -0.2) is 47.7 Å². The molecule has 1 N–H and O–H groups in total. The molecule has 3 rings (SSSR count). The zero-order valence-electron chi connectivity index (χ0n) is 11.7. The minimum atomic E-state index is -0.869. The number of carboxylic acid groups (broad SMARTS) is 1. The van der Waals surface area contributed by atoms with Crippen molar-refractivity contribution >= 4 is 11.9 Å². The molecule has 1 amide bonds. The summed E-state index contributed by atoms with van der Waals surface area (Å²) in [5.41, 5.74) is 0. The topological polar surface area (TPSA) is 66.8 Å². The van der Waals surface area contributed by atoms with Crippen LogP contribution >= 0.6 is 0 Å². The maximum absolute atomic E-state index is 12.8. The number of fused-ring (bicyclic) bond motifs is 2. The Balaban J connectivity index is 1.74. The van der Waals surface area contributed by atoms with Gasteiger partial charge in [0.1, 0.15) is 5.92 Å². The Morgan fingerprint density at radius 2 is 2.05 bits per heavy atom. The van der Waals surface area contributed by atoms with Crippen LogP contribution in [0, 0.1) is 23.7 Å². The first-order valence-electron chi connectivity index (χ1n) is 7.41. The third-order valence-corrected chi connectivity index (χ3v) is 4.99. The van der Waals surface area contributed by atoms with Crippen LogP contribution in [-0.2, 0) is 14.3 Å². The van der Waals surface area contributed by atoms with Crippen molar-refractivity contribution in [2.24, 2.45) is 23.7 Å². The van der Waals surface area contributed by atoms with E-state index in [9.17, 15) is 14.7 Å². The van der Waals surface area contributed by atoms with Crippen molar-refractivity contribution in [3.8, 4) is 0 Å². The number of hydrogen-bond donors (Lipinski definition) is 1. The lowest BCUT2D eigenvalue weighted by atomic mass is 9.90. The number of allylic oxidation sites excluding steroid dienone is 2. The Kier molecular flexibility index (Phi) is 3.54. The second kappa shape index (κ2) is 5.20. The molecule has 1 saturated carbocycles. The summed E-state index contributed by atoms with van der Waals surface area (Å²) in [4.78, 5) is 25.8. The van der Waals surface area contributed by atoms with E-state index in [1.54, 1.807) is 4.90 Å². The van der Waals surface area contributed by atoms with Gasteiger partial charge in [-0.3, -0.25) is 9.59 Å². The largest absolute Gasteiger partial charge is 0.481 e. The third kappa shape index (κ3) is 2.14. The zero-order valence-corrected chi connectivity index (χ0v) is 11.7. The van der Waals surface area contributed by atoms with E-state index in [-0.39, 0.29) is 24.5 Å². The molecule has 5 atom stereocenters. The minimum Gasteiger partial charge on any atom is -0.481 e. The van der Waals surface area contributed by atoms with Gasteiger partial charge in [0.15, 0.2) is 0 Å². The monoisotopic (exact) mass is 279 g/mol. The Bertz CT molecular complexity index is 447. The molecule has 3 aliphatic rings. The van der Waals surface area contributed by atoms with Gasteiger partial charge in [0.2, 0.25) is 5.91 Å². The van der Waals surface area contributed by atoms with E-state index in [1.165, 1.54) is 0 Å². The van der Waals surface area contributed by atoms with Crippen LogP contribution in [0.15, 0.2) is 12.2 Å². The maximum atomic E-state index is 12.8. The van der Waals surface area contributed by atoms with Gasteiger partial charge in [0.05, 0.1) is 19.3 Å². The van der Waals surface area contributed by atoms with E-state index in [0.29, 0.717) is 25.0 Å². The van der Waals surface area contributed by atoms with E-state index in [4.69, 9.17) is 4.74 Å². The lowest BCUT2D eigenvalue weighted by molar-refractivity contribution is -0.146. The highest BCUT2D eigenvalue weighted by atomic mass is 16.5. The second-order valence-corrected chi connectivity index (χ2v) is 6.06. The molecule has 5 heteroatoms. The molecule has 0 aromatic heterocycles. The van der Waals surface area contributed by atoms with Gasteiger partial charge < -0.3 is 14.7 Å².